The van der Waals surface area contributed by atoms with Crippen LogP contribution in [0.2, 0.25) is 0 Å². The van der Waals surface area contributed by atoms with Gasteiger partial charge >= 0.3 is 0 Å². The molecule has 1 atom stereocenters. The highest BCUT2D eigenvalue weighted by molar-refractivity contribution is 6.06. The molecule has 0 saturated carbocycles. The maximum atomic E-state index is 12.9. The summed E-state index contributed by atoms with van der Waals surface area (Å²) in [5.74, 6) is -1.75. The Morgan fingerprint density at radius 3 is 2.39 bits per heavy atom. The van der Waals surface area contributed by atoms with Gasteiger partial charge < -0.3 is 35.5 Å². The van der Waals surface area contributed by atoms with E-state index in [9.17, 15) is 24.0 Å². The third-order valence-corrected chi connectivity index (χ3v) is 6.54. The van der Waals surface area contributed by atoms with Gasteiger partial charge in [-0.2, -0.15) is 0 Å². The summed E-state index contributed by atoms with van der Waals surface area (Å²) in [4.78, 5) is 62.4. The molecule has 1 saturated heterocycles. The number of hydrogen-bond donors (Lipinski definition) is 4. The fourth-order valence-corrected chi connectivity index (χ4v) is 4.47. The molecule has 0 aliphatic carbocycles. The Balaban J connectivity index is 1.07. The number of fused-ring (bicyclic) bond motifs is 1. The van der Waals surface area contributed by atoms with Gasteiger partial charge in [-0.15, -0.1) is 0 Å². The molecule has 41 heavy (non-hydrogen) atoms. The summed E-state index contributed by atoms with van der Waals surface area (Å²) in [5, 5.41) is 7.79. The lowest BCUT2D eigenvalue weighted by Crippen LogP contribution is -2.52. The average molecular weight is 568 g/mol. The molecule has 218 valence electrons. The van der Waals surface area contributed by atoms with E-state index >= 15 is 0 Å². The molecule has 0 spiro atoms. The number of carbonyl (C=O) groups is 5. The molecule has 5 N–H and O–H groups in total. The van der Waals surface area contributed by atoms with Crippen molar-refractivity contribution in [2.45, 2.75) is 25.4 Å². The van der Waals surface area contributed by atoms with E-state index in [0.29, 0.717) is 54.4 Å². The molecule has 13 heteroatoms. The molecule has 1 fully saturated rings. The SMILES string of the molecule is Nc1ccc(C(=O)NCCOCCOCCOCC(=O)Nc2cccc3c2CN(C2CCC(=O)NC2=O)C3=O)cc1. The number of anilines is 2. The Morgan fingerprint density at radius 2 is 1.66 bits per heavy atom. The van der Waals surface area contributed by atoms with Crippen molar-refractivity contribution >= 4 is 40.9 Å². The number of nitrogens with two attached hydrogens (primary N) is 1. The highest BCUT2D eigenvalue weighted by Gasteiger charge is 2.39. The first-order valence-corrected chi connectivity index (χ1v) is 13.3. The second-order valence-electron chi connectivity index (χ2n) is 9.44. The van der Waals surface area contributed by atoms with Crippen molar-refractivity contribution in [3.05, 3.63) is 59.2 Å². The van der Waals surface area contributed by atoms with E-state index in [4.69, 9.17) is 19.9 Å². The van der Waals surface area contributed by atoms with Crippen LogP contribution in [-0.2, 0) is 35.1 Å². The molecule has 2 aliphatic heterocycles. The van der Waals surface area contributed by atoms with Crippen LogP contribution >= 0.6 is 0 Å². The zero-order chi connectivity index (χ0) is 29.2. The van der Waals surface area contributed by atoms with Crippen LogP contribution in [0.25, 0.3) is 0 Å². The molecule has 0 bridgehead atoms. The second kappa shape index (κ2) is 14.3. The van der Waals surface area contributed by atoms with Crippen molar-refractivity contribution in [2.24, 2.45) is 0 Å². The quantitative estimate of drug-likeness (QED) is 0.143. The van der Waals surface area contributed by atoms with Gasteiger partial charge in [-0.25, -0.2) is 0 Å². The van der Waals surface area contributed by atoms with Crippen LogP contribution in [-0.4, -0.2) is 86.7 Å². The molecular formula is C28H33N5O8. The van der Waals surface area contributed by atoms with Crippen LogP contribution in [0.5, 0.6) is 0 Å². The molecule has 2 aromatic rings. The Bertz CT molecular complexity index is 1280. The van der Waals surface area contributed by atoms with Crippen molar-refractivity contribution in [3.63, 3.8) is 0 Å². The minimum absolute atomic E-state index is 0.155. The minimum atomic E-state index is -0.730. The first-order chi connectivity index (χ1) is 19.8. The predicted octanol–water partition coefficient (Wildman–Crippen LogP) is 0.448. The van der Waals surface area contributed by atoms with Crippen LogP contribution in [0, 0.1) is 0 Å². The van der Waals surface area contributed by atoms with Crippen molar-refractivity contribution in [3.8, 4) is 0 Å². The van der Waals surface area contributed by atoms with E-state index in [1.165, 1.54) is 4.90 Å². The smallest absolute Gasteiger partial charge is 0.255 e. The molecule has 13 nitrogen and oxygen atoms in total. The largest absolute Gasteiger partial charge is 0.399 e. The Labute approximate surface area is 236 Å². The number of carbonyl (C=O) groups excluding carboxylic acids is 5. The number of amides is 5. The fraction of sp³-hybridized carbons (Fsp3) is 0.393. The third-order valence-electron chi connectivity index (χ3n) is 6.54. The maximum absolute atomic E-state index is 12.9. The number of hydrogen-bond acceptors (Lipinski definition) is 9. The van der Waals surface area contributed by atoms with Crippen LogP contribution < -0.4 is 21.7 Å². The van der Waals surface area contributed by atoms with Gasteiger partial charge in [0.1, 0.15) is 12.6 Å². The zero-order valence-electron chi connectivity index (χ0n) is 22.5. The average Bonchev–Trinajstić information content (AvgIpc) is 3.29. The topological polar surface area (TPSA) is 178 Å². The van der Waals surface area contributed by atoms with E-state index < -0.39 is 17.9 Å². The molecule has 5 amide bonds. The molecule has 4 rings (SSSR count). The van der Waals surface area contributed by atoms with Crippen LogP contribution in [0.15, 0.2) is 42.5 Å². The van der Waals surface area contributed by atoms with Gasteiger partial charge in [0.2, 0.25) is 17.7 Å². The number of benzene rings is 2. The highest BCUT2D eigenvalue weighted by Crippen LogP contribution is 2.32. The zero-order valence-corrected chi connectivity index (χ0v) is 22.5. The van der Waals surface area contributed by atoms with Crippen LogP contribution in [0.1, 0.15) is 39.1 Å². The summed E-state index contributed by atoms with van der Waals surface area (Å²) in [5.41, 5.74) is 8.22. The second-order valence-corrected chi connectivity index (χ2v) is 9.44. The number of imide groups is 1. The number of nitrogens with zero attached hydrogens (tertiary/aromatic N) is 1. The van der Waals surface area contributed by atoms with Crippen molar-refractivity contribution < 1.29 is 38.2 Å². The van der Waals surface area contributed by atoms with Crippen molar-refractivity contribution in [1.82, 2.24) is 15.5 Å². The van der Waals surface area contributed by atoms with Crippen molar-refractivity contribution in [2.75, 3.05) is 57.2 Å². The van der Waals surface area contributed by atoms with Crippen LogP contribution in [0.4, 0.5) is 11.4 Å². The summed E-state index contributed by atoms with van der Waals surface area (Å²) in [6, 6.07) is 10.9. The van der Waals surface area contributed by atoms with Gasteiger partial charge in [0.25, 0.3) is 11.8 Å². The van der Waals surface area contributed by atoms with Crippen LogP contribution in [0.3, 0.4) is 0 Å². The normalized spacial score (nSPS) is 16.3. The molecule has 2 heterocycles. The lowest BCUT2D eigenvalue weighted by Gasteiger charge is -2.29. The molecule has 1 unspecified atom stereocenters. The highest BCUT2D eigenvalue weighted by atomic mass is 16.5. The molecule has 2 aliphatic rings. The predicted molar refractivity (Wildman–Crippen MR) is 147 cm³/mol. The standard InChI is InChI=1S/C28H33N5O8/c29-19-6-4-18(5-7-19)26(36)30-10-11-39-12-13-40-14-15-41-17-25(35)31-22-3-1-2-20-21(22)16-33(28(20)38)23-8-9-24(34)32-27(23)37/h1-7,23H,8-17,29H2,(H,30,36)(H,31,35)(H,32,34,37). The third kappa shape index (κ3) is 8.10. The lowest BCUT2D eigenvalue weighted by atomic mass is 10.0. The summed E-state index contributed by atoms with van der Waals surface area (Å²) >= 11 is 0. The fourth-order valence-electron chi connectivity index (χ4n) is 4.47. The Kier molecular flexibility index (Phi) is 10.4. The Hall–Kier alpha value is -4.33. The first-order valence-electron chi connectivity index (χ1n) is 13.3. The minimum Gasteiger partial charge on any atom is -0.399 e. The molecule has 2 aromatic carbocycles. The maximum Gasteiger partial charge on any atom is 0.255 e. The Morgan fingerprint density at radius 1 is 0.951 bits per heavy atom. The molecule has 0 aromatic heterocycles. The van der Waals surface area contributed by atoms with Gasteiger partial charge in [-0.05, 0) is 42.8 Å². The summed E-state index contributed by atoms with van der Waals surface area (Å²) in [6.07, 6.45) is 0.428. The van der Waals surface area contributed by atoms with E-state index in [-0.39, 0.29) is 56.9 Å². The van der Waals surface area contributed by atoms with E-state index in [0.717, 1.165) is 0 Å². The van der Waals surface area contributed by atoms with E-state index in [1.807, 2.05) is 0 Å². The van der Waals surface area contributed by atoms with Gasteiger partial charge in [0.05, 0.1) is 33.0 Å². The number of ether oxygens (including phenoxy) is 3. The molecular weight excluding hydrogens is 534 g/mol. The number of nitrogens with one attached hydrogen (secondary N) is 3. The van der Waals surface area contributed by atoms with E-state index in [1.54, 1.807) is 42.5 Å². The number of nitrogen functional groups attached to an aromatic ring is 1. The van der Waals surface area contributed by atoms with Gasteiger partial charge in [-0.1, -0.05) is 6.07 Å². The van der Waals surface area contributed by atoms with Crippen molar-refractivity contribution in [1.29, 1.82) is 0 Å². The lowest BCUT2D eigenvalue weighted by molar-refractivity contribution is -0.137. The first kappa shape index (κ1) is 29.6. The number of rotatable bonds is 14. The molecule has 0 radical (unpaired) electrons. The van der Waals surface area contributed by atoms with Gasteiger partial charge in [-0.3, -0.25) is 29.3 Å². The number of piperidine rings is 1. The summed E-state index contributed by atoms with van der Waals surface area (Å²) < 4.78 is 16.2. The van der Waals surface area contributed by atoms with Gasteiger partial charge in [0, 0.05) is 47.6 Å². The summed E-state index contributed by atoms with van der Waals surface area (Å²) in [7, 11) is 0. The monoisotopic (exact) mass is 567 g/mol. The van der Waals surface area contributed by atoms with E-state index in [2.05, 4.69) is 16.0 Å². The summed E-state index contributed by atoms with van der Waals surface area (Å²) in [6.45, 7) is 1.77. The van der Waals surface area contributed by atoms with Gasteiger partial charge in [0.15, 0.2) is 0 Å².